The van der Waals surface area contributed by atoms with E-state index in [0.29, 0.717) is 19.5 Å². The Balaban J connectivity index is 1.84. The first-order valence-electron chi connectivity index (χ1n) is 6.89. The Labute approximate surface area is 123 Å². The molecule has 1 aromatic rings. The second-order valence-corrected chi connectivity index (χ2v) is 5.90. The minimum Gasteiger partial charge on any atom is -0.444 e. The number of nitrogens with one attached hydrogen (secondary N) is 1. The molecule has 2 rings (SSSR count). The first-order valence-corrected chi connectivity index (χ1v) is 6.89. The highest BCUT2D eigenvalue weighted by Gasteiger charge is 2.39. The number of likely N-dealkylation sites (tertiary alicyclic amines) is 1. The van der Waals surface area contributed by atoms with Crippen LogP contribution < -0.4 is 5.32 Å². The predicted molar refractivity (Wildman–Crippen MR) is 75.2 cm³/mol. The number of amides is 2. The highest BCUT2D eigenvalue weighted by molar-refractivity contribution is 5.87. The van der Waals surface area contributed by atoms with Crippen LogP contribution in [-0.4, -0.2) is 45.1 Å². The van der Waals surface area contributed by atoms with E-state index in [2.05, 4.69) is 15.3 Å². The molecular weight excluding hydrogens is 272 g/mol. The van der Waals surface area contributed by atoms with Crippen molar-refractivity contribution in [1.82, 2.24) is 20.2 Å². The molecule has 1 saturated heterocycles. The van der Waals surface area contributed by atoms with Gasteiger partial charge >= 0.3 is 6.09 Å². The molecule has 0 aromatic carbocycles. The molecule has 0 spiro atoms. The third kappa shape index (κ3) is 4.14. The predicted octanol–water partition coefficient (Wildman–Crippen LogP) is 1.10. The van der Waals surface area contributed by atoms with E-state index in [-0.39, 0.29) is 5.91 Å². The molecule has 1 fully saturated rings. The summed E-state index contributed by atoms with van der Waals surface area (Å²) in [5.41, 5.74) is 0.163. The van der Waals surface area contributed by atoms with Crippen LogP contribution in [0.3, 0.4) is 0 Å². The lowest BCUT2D eigenvalue weighted by Gasteiger charge is -2.40. The maximum absolute atomic E-state index is 12.1. The molecule has 0 aliphatic carbocycles. The van der Waals surface area contributed by atoms with Crippen LogP contribution in [0.25, 0.3) is 0 Å². The first kappa shape index (κ1) is 15.2. The number of aromatic nitrogens is 2. The number of carbonyl (C=O) groups excluding carboxylic acids is 2. The summed E-state index contributed by atoms with van der Waals surface area (Å²) in [6.45, 7) is 6.26. The largest absolute Gasteiger partial charge is 0.444 e. The van der Waals surface area contributed by atoms with E-state index in [9.17, 15) is 9.59 Å². The van der Waals surface area contributed by atoms with Gasteiger partial charge in [0.25, 0.3) is 0 Å². The van der Waals surface area contributed by atoms with Crippen LogP contribution in [0.1, 0.15) is 32.9 Å². The number of carbonyl (C=O) groups is 2. The fraction of sp³-hybridized carbons (Fsp3) is 0.571. The van der Waals surface area contributed by atoms with E-state index >= 15 is 0 Å². The third-order valence-electron chi connectivity index (χ3n) is 3.04. The molecule has 1 atom stereocenters. The lowest BCUT2D eigenvalue weighted by atomic mass is 10.0. The van der Waals surface area contributed by atoms with Crippen LogP contribution >= 0.6 is 0 Å². The molecule has 1 aromatic heterocycles. The van der Waals surface area contributed by atoms with Crippen LogP contribution in [0, 0.1) is 0 Å². The summed E-state index contributed by atoms with van der Waals surface area (Å²) in [5, 5.41) is 2.77. The molecule has 7 nitrogen and oxygen atoms in total. The van der Waals surface area contributed by atoms with Gasteiger partial charge in [-0.2, -0.15) is 0 Å². The topological polar surface area (TPSA) is 84.4 Å². The van der Waals surface area contributed by atoms with Crippen LogP contribution in [0.4, 0.5) is 4.79 Å². The maximum atomic E-state index is 12.1. The van der Waals surface area contributed by atoms with Crippen molar-refractivity contribution in [1.29, 1.82) is 0 Å². The zero-order valence-corrected chi connectivity index (χ0v) is 12.5. The van der Waals surface area contributed by atoms with Crippen LogP contribution in [0.15, 0.2) is 18.6 Å². The molecule has 7 heteroatoms. The number of ether oxygens (including phenoxy) is 1. The molecule has 21 heavy (non-hydrogen) atoms. The van der Waals surface area contributed by atoms with Crippen molar-refractivity contribution < 1.29 is 14.3 Å². The van der Waals surface area contributed by atoms with E-state index < -0.39 is 17.7 Å². The van der Waals surface area contributed by atoms with Gasteiger partial charge in [-0.15, -0.1) is 0 Å². The molecule has 1 aliphatic rings. The second-order valence-electron chi connectivity index (χ2n) is 5.90. The maximum Gasteiger partial charge on any atom is 0.410 e. The fourth-order valence-corrected chi connectivity index (χ4v) is 1.92. The van der Waals surface area contributed by atoms with E-state index in [1.807, 2.05) is 0 Å². The van der Waals surface area contributed by atoms with Gasteiger partial charge in [0.15, 0.2) is 0 Å². The Hall–Kier alpha value is -2.18. The van der Waals surface area contributed by atoms with Gasteiger partial charge in [0.1, 0.15) is 18.0 Å². The Morgan fingerprint density at radius 3 is 2.76 bits per heavy atom. The Kier molecular flexibility index (Phi) is 4.40. The number of hydrogen-bond donors (Lipinski definition) is 1. The van der Waals surface area contributed by atoms with Gasteiger partial charge in [-0.3, -0.25) is 9.69 Å². The van der Waals surface area contributed by atoms with Gasteiger partial charge in [0.05, 0.1) is 12.2 Å². The molecule has 2 heterocycles. The molecule has 1 N–H and O–H groups in total. The lowest BCUT2D eigenvalue weighted by molar-refractivity contribution is -0.130. The zero-order valence-electron chi connectivity index (χ0n) is 12.5. The third-order valence-corrected chi connectivity index (χ3v) is 3.04. The van der Waals surface area contributed by atoms with Gasteiger partial charge < -0.3 is 10.1 Å². The SMILES string of the molecule is CC(C)(C)OC(=O)N1CC[C@@H]1C(=O)NCc1ccncn1. The first-order chi connectivity index (χ1) is 9.87. The van der Waals surface area contributed by atoms with Crippen molar-refractivity contribution in [3.05, 3.63) is 24.3 Å². The minimum absolute atomic E-state index is 0.189. The molecule has 1 aliphatic heterocycles. The molecule has 114 valence electrons. The minimum atomic E-state index is -0.561. The van der Waals surface area contributed by atoms with Gasteiger partial charge in [0, 0.05) is 12.7 Å². The Morgan fingerprint density at radius 2 is 2.24 bits per heavy atom. The van der Waals surface area contributed by atoms with E-state index in [0.717, 1.165) is 5.69 Å². The zero-order chi connectivity index (χ0) is 15.5. The van der Waals surface area contributed by atoms with E-state index in [1.165, 1.54) is 11.2 Å². The second kappa shape index (κ2) is 6.07. The van der Waals surface area contributed by atoms with Gasteiger partial charge in [-0.1, -0.05) is 0 Å². The van der Waals surface area contributed by atoms with Crippen molar-refractivity contribution >= 4 is 12.0 Å². The monoisotopic (exact) mass is 292 g/mol. The average Bonchev–Trinajstić information content (AvgIpc) is 2.34. The molecule has 2 amide bonds. The number of nitrogens with zero attached hydrogens (tertiary/aromatic N) is 3. The van der Waals surface area contributed by atoms with Crippen molar-refractivity contribution in [3.8, 4) is 0 Å². The summed E-state index contributed by atoms with van der Waals surface area (Å²) >= 11 is 0. The lowest BCUT2D eigenvalue weighted by Crippen LogP contribution is -2.59. The summed E-state index contributed by atoms with van der Waals surface area (Å²) in [5.74, 6) is -0.189. The van der Waals surface area contributed by atoms with Gasteiger partial charge in [-0.05, 0) is 33.3 Å². The summed E-state index contributed by atoms with van der Waals surface area (Å²) in [6, 6.07) is 1.27. The number of rotatable bonds is 3. The van der Waals surface area contributed by atoms with E-state index in [4.69, 9.17) is 4.74 Å². The molecule has 0 unspecified atom stereocenters. The van der Waals surface area contributed by atoms with Gasteiger partial charge in [-0.25, -0.2) is 14.8 Å². The normalized spacial score (nSPS) is 17.9. The van der Waals surface area contributed by atoms with Crippen LogP contribution in [-0.2, 0) is 16.1 Å². The van der Waals surface area contributed by atoms with Gasteiger partial charge in [0.2, 0.25) is 5.91 Å². The molecule has 0 radical (unpaired) electrons. The summed E-state index contributed by atoms with van der Waals surface area (Å²) in [7, 11) is 0. The van der Waals surface area contributed by atoms with Crippen LogP contribution in [0.2, 0.25) is 0 Å². The quantitative estimate of drug-likeness (QED) is 0.902. The Morgan fingerprint density at radius 1 is 1.48 bits per heavy atom. The van der Waals surface area contributed by atoms with Crippen molar-refractivity contribution in [2.24, 2.45) is 0 Å². The molecular formula is C14H20N4O3. The molecule has 0 saturated carbocycles. The van der Waals surface area contributed by atoms with E-state index in [1.54, 1.807) is 33.0 Å². The van der Waals surface area contributed by atoms with Crippen molar-refractivity contribution in [3.63, 3.8) is 0 Å². The highest BCUT2D eigenvalue weighted by atomic mass is 16.6. The van der Waals surface area contributed by atoms with Crippen LogP contribution in [0.5, 0.6) is 0 Å². The average molecular weight is 292 g/mol. The highest BCUT2D eigenvalue weighted by Crippen LogP contribution is 2.21. The smallest absolute Gasteiger partial charge is 0.410 e. The summed E-state index contributed by atoms with van der Waals surface area (Å²) < 4.78 is 5.27. The standard InChI is InChI=1S/C14H20N4O3/c1-14(2,3)21-13(20)18-7-5-11(18)12(19)16-8-10-4-6-15-9-17-10/h4,6,9,11H,5,7-8H2,1-3H3,(H,16,19)/t11-/m1/s1. The van der Waals surface area contributed by atoms with Crippen molar-refractivity contribution in [2.75, 3.05) is 6.54 Å². The Bertz CT molecular complexity index is 513. The summed E-state index contributed by atoms with van der Waals surface area (Å²) in [4.78, 5) is 33.3. The summed E-state index contributed by atoms with van der Waals surface area (Å²) in [6.07, 6.45) is 3.24. The molecule has 0 bridgehead atoms. The fourth-order valence-electron chi connectivity index (χ4n) is 1.92. The number of hydrogen-bond acceptors (Lipinski definition) is 5. The van der Waals surface area contributed by atoms with Crippen molar-refractivity contribution in [2.45, 2.75) is 45.4 Å².